The van der Waals surface area contributed by atoms with Crippen LogP contribution in [0.1, 0.15) is 68.9 Å². The molecule has 2 aliphatic heterocycles. The van der Waals surface area contributed by atoms with E-state index in [0.717, 1.165) is 38.1 Å². The van der Waals surface area contributed by atoms with Gasteiger partial charge in [0.15, 0.2) is 5.82 Å². The number of nitrogens with one attached hydrogen (secondary N) is 4. The molecule has 4 N–H and O–H groups in total. The molecule has 2 atom stereocenters. The number of amides is 4. The molecular formula is C37H40ClFN8O6S. The number of carbonyl (C=O) groups excluding carboxylic acids is 4. The fourth-order valence-corrected chi connectivity index (χ4v) is 7.45. The number of piperidine rings is 1. The van der Waals surface area contributed by atoms with Gasteiger partial charge in [-0.25, -0.2) is 4.39 Å². The Morgan fingerprint density at radius 1 is 1.02 bits per heavy atom. The summed E-state index contributed by atoms with van der Waals surface area (Å²) in [5.41, 5.74) is 4.03. The number of rotatable bonds is 15. The van der Waals surface area contributed by atoms with Crippen molar-refractivity contribution in [2.75, 3.05) is 44.8 Å². The molecule has 14 nitrogen and oxygen atoms in total. The SMILES string of the molecule is Cc1sc2c(c1C)C(c1ccc(Cl)cc1)=N[C@@H](CC(=O)NCCOCCOCCNc1ccc(C(=O)NC3CCC(=O)NC3=O)c(F)c1)c1nnc(C)n1-2. The lowest BCUT2D eigenvalue weighted by Crippen LogP contribution is -2.52. The minimum absolute atomic E-state index is 0.0699. The Kier molecular flexibility index (Phi) is 12.5. The highest BCUT2D eigenvalue weighted by atomic mass is 35.5. The van der Waals surface area contributed by atoms with Crippen LogP contribution in [-0.2, 0) is 23.9 Å². The molecule has 17 heteroatoms. The number of carbonyl (C=O) groups is 4. The minimum Gasteiger partial charge on any atom is -0.383 e. The van der Waals surface area contributed by atoms with Gasteiger partial charge in [-0.3, -0.25) is 34.1 Å². The van der Waals surface area contributed by atoms with Crippen molar-refractivity contribution in [3.63, 3.8) is 0 Å². The van der Waals surface area contributed by atoms with E-state index in [1.807, 2.05) is 35.8 Å². The predicted molar refractivity (Wildman–Crippen MR) is 201 cm³/mol. The van der Waals surface area contributed by atoms with Crippen LogP contribution in [0.2, 0.25) is 5.02 Å². The zero-order valence-electron chi connectivity index (χ0n) is 30.0. The molecule has 4 aromatic rings. The van der Waals surface area contributed by atoms with Crippen LogP contribution in [0.15, 0.2) is 47.5 Å². The van der Waals surface area contributed by atoms with Crippen molar-refractivity contribution >= 4 is 58.0 Å². The normalized spacial score (nSPS) is 16.5. The number of aryl methyl sites for hydroxylation is 2. The monoisotopic (exact) mass is 778 g/mol. The average molecular weight is 779 g/mol. The van der Waals surface area contributed by atoms with Crippen LogP contribution in [0.4, 0.5) is 10.1 Å². The molecule has 0 aliphatic carbocycles. The summed E-state index contributed by atoms with van der Waals surface area (Å²) in [5.74, 6) is -1.38. The van der Waals surface area contributed by atoms with E-state index >= 15 is 0 Å². The molecule has 2 aromatic carbocycles. The first-order valence-electron chi connectivity index (χ1n) is 17.5. The summed E-state index contributed by atoms with van der Waals surface area (Å²) in [5, 5.41) is 20.9. The quantitative estimate of drug-likeness (QED) is 0.102. The van der Waals surface area contributed by atoms with Gasteiger partial charge in [0.05, 0.1) is 44.1 Å². The van der Waals surface area contributed by atoms with Gasteiger partial charge in [-0.05, 0) is 63.1 Å². The maximum atomic E-state index is 14.6. The summed E-state index contributed by atoms with van der Waals surface area (Å²) in [7, 11) is 0. The van der Waals surface area contributed by atoms with Crippen molar-refractivity contribution in [3.8, 4) is 5.00 Å². The summed E-state index contributed by atoms with van der Waals surface area (Å²) in [6, 6.07) is 10.1. The van der Waals surface area contributed by atoms with Gasteiger partial charge in [0.25, 0.3) is 5.91 Å². The third kappa shape index (κ3) is 9.01. The number of thiophene rings is 1. The lowest BCUT2D eigenvalue weighted by molar-refractivity contribution is -0.134. The zero-order valence-corrected chi connectivity index (χ0v) is 31.5. The van der Waals surface area contributed by atoms with Gasteiger partial charge in [-0.1, -0.05) is 23.7 Å². The molecule has 284 valence electrons. The van der Waals surface area contributed by atoms with Gasteiger partial charge in [0.2, 0.25) is 17.7 Å². The molecule has 2 aromatic heterocycles. The fourth-order valence-electron chi connectivity index (χ4n) is 6.11. The van der Waals surface area contributed by atoms with Crippen LogP contribution in [-0.4, -0.2) is 89.7 Å². The minimum atomic E-state index is -0.895. The van der Waals surface area contributed by atoms with Gasteiger partial charge < -0.3 is 25.4 Å². The maximum Gasteiger partial charge on any atom is 0.254 e. The highest BCUT2D eigenvalue weighted by Gasteiger charge is 2.33. The molecule has 0 bridgehead atoms. The Labute approximate surface area is 319 Å². The molecule has 1 saturated heterocycles. The second-order valence-electron chi connectivity index (χ2n) is 12.8. The van der Waals surface area contributed by atoms with E-state index in [0.29, 0.717) is 49.4 Å². The van der Waals surface area contributed by atoms with E-state index in [9.17, 15) is 23.6 Å². The number of ether oxygens (including phenoxy) is 2. The van der Waals surface area contributed by atoms with Crippen LogP contribution in [0.3, 0.4) is 0 Å². The molecule has 0 radical (unpaired) electrons. The Morgan fingerprint density at radius 2 is 1.76 bits per heavy atom. The second kappa shape index (κ2) is 17.4. The Morgan fingerprint density at radius 3 is 2.48 bits per heavy atom. The third-order valence-electron chi connectivity index (χ3n) is 9.01. The van der Waals surface area contributed by atoms with Crippen molar-refractivity contribution < 1.29 is 33.0 Å². The van der Waals surface area contributed by atoms with Gasteiger partial charge in [-0.2, -0.15) is 0 Å². The van der Waals surface area contributed by atoms with E-state index in [2.05, 4.69) is 45.3 Å². The number of benzene rings is 2. The van der Waals surface area contributed by atoms with Crippen LogP contribution in [0.5, 0.6) is 0 Å². The summed E-state index contributed by atoms with van der Waals surface area (Å²) in [6.07, 6.45) is 0.329. The molecule has 2 aliphatic rings. The van der Waals surface area contributed by atoms with Crippen LogP contribution >= 0.6 is 22.9 Å². The molecule has 54 heavy (non-hydrogen) atoms. The molecule has 4 heterocycles. The molecule has 6 rings (SSSR count). The molecule has 1 unspecified atom stereocenters. The van der Waals surface area contributed by atoms with Crippen LogP contribution in [0.25, 0.3) is 5.00 Å². The summed E-state index contributed by atoms with van der Waals surface area (Å²) >= 11 is 7.85. The zero-order chi connectivity index (χ0) is 38.4. The van der Waals surface area contributed by atoms with Gasteiger partial charge in [0, 0.05) is 46.2 Å². The highest BCUT2D eigenvalue weighted by molar-refractivity contribution is 7.15. The lowest BCUT2D eigenvalue weighted by atomic mass is 9.99. The molecule has 1 fully saturated rings. The van der Waals surface area contributed by atoms with Crippen molar-refractivity contribution in [2.24, 2.45) is 4.99 Å². The smallest absolute Gasteiger partial charge is 0.254 e. The van der Waals surface area contributed by atoms with E-state index in [1.54, 1.807) is 17.4 Å². The largest absolute Gasteiger partial charge is 0.383 e. The van der Waals surface area contributed by atoms with Crippen LogP contribution < -0.4 is 21.3 Å². The average Bonchev–Trinajstić information content (AvgIpc) is 3.62. The van der Waals surface area contributed by atoms with Crippen molar-refractivity contribution in [2.45, 2.75) is 52.1 Å². The van der Waals surface area contributed by atoms with E-state index in [-0.39, 0.29) is 37.3 Å². The van der Waals surface area contributed by atoms with E-state index in [4.69, 9.17) is 26.1 Å². The first kappa shape index (κ1) is 38.7. The topological polar surface area (TPSA) is 178 Å². The summed E-state index contributed by atoms with van der Waals surface area (Å²) < 4.78 is 27.9. The highest BCUT2D eigenvalue weighted by Crippen LogP contribution is 2.39. The first-order chi connectivity index (χ1) is 26.0. The molecular weight excluding hydrogens is 739 g/mol. The van der Waals surface area contributed by atoms with Gasteiger partial charge in [0.1, 0.15) is 28.7 Å². The second-order valence-corrected chi connectivity index (χ2v) is 14.4. The summed E-state index contributed by atoms with van der Waals surface area (Å²) in [4.78, 5) is 55.1. The standard InChI is InChI=1S/C37H40ClFN8O6S/c1-20-21(2)54-37-32(20)33(23-4-6-24(38)7-5-23)42-29(34-46-45-22(3)47(34)37)19-31(49)41-13-15-53-17-16-52-14-12-40-25-8-9-26(27(39)18-25)35(50)43-28-10-11-30(48)44-36(28)51/h4-9,18,28-29,40H,10-17,19H2,1-3H3,(H,41,49)(H,43,50)(H,44,48,51)/t28?,29-/m0/s1. The van der Waals surface area contributed by atoms with Gasteiger partial charge in [-0.15, -0.1) is 21.5 Å². The van der Waals surface area contributed by atoms with Crippen molar-refractivity contribution in [1.82, 2.24) is 30.7 Å². The fraction of sp³-hybridized carbons (Fsp3) is 0.378. The van der Waals surface area contributed by atoms with E-state index in [1.165, 1.54) is 12.1 Å². The number of fused-ring (bicyclic) bond motifs is 3. The van der Waals surface area contributed by atoms with Crippen LogP contribution in [0, 0.1) is 26.6 Å². The van der Waals surface area contributed by atoms with E-state index < -0.39 is 35.6 Å². The predicted octanol–water partition coefficient (Wildman–Crippen LogP) is 4.13. The molecule has 0 saturated carbocycles. The number of hydrogen-bond acceptors (Lipinski definition) is 11. The Hall–Kier alpha value is -5.03. The van der Waals surface area contributed by atoms with Crippen molar-refractivity contribution in [1.29, 1.82) is 0 Å². The Balaban J connectivity index is 0.915. The number of halogens is 2. The first-order valence-corrected chi connectivity index (χ1v) is 18.7. The lowest BCUT2D eigenvalue weighted by Gasteiger charge is -2.22. The molecule has 0 spiro atoms. The number of aliphatic imine (C=N–C) groups is 1. The number of imide groups is 1. The number of nitrogens with zero attached hydrogens (tertiary/aromatic N) is 4. The third-order valence-corrected chi connectivity index (χ3v) is 10.5. The van der Waals surface area contributed by atoms with Gasteiger partial charge >= 0.3 is 0 Å². The Bertz CT molecular complexity index is 2080. The number of aromatic nitrogens is 3. The van der Waals surface area contributed by atoms with Crippen molar-refractivity contribution in [3.05, 3.63) is 92.1 Å². The summed E-state index contributed by atoms with van der Waals surface area (Å²) in [6.45, 7) is 7.94. The number of hydrogen-bond donors (Lipinski definition) is 4. The molecule has 4 amide bonds. The number of anilines is 1. The maximum absolute atomic E-state index is 14.6.